The van der Waals surface area contributed by atoms with E-state index in [0.29, 0.717) is 11.5 Å². The quantitative estimate of drug-likeness (QED) is 0.114. The van der Waals surface area contributed by atoms with Gasteiger partial charge in [-0.15, -0.1) is 0 Å². The molecule has 0 radical (unpaired) electrons. The van der Waals surface area contributed by atoms with Gasteiger partial charge in [0.2, 0.25) is 0 Å². The molecule has 0 fully saturated rings. The molecule has 4 aromatic heterocycles. The normalized spacial score (nSPS) is 12.1. The van der Waals surface area contributed by atoms with E-state index in [9.17, 15) is 0 Å². The lowest BCUT2D eigenvalue weighted by atomic mass is 9.88. The van der Waals surface area contributed by atoms with Gasteiger partial charge < -0.3 is 9.15 Å². The van der Waals surface area contributed by atoms with Gasteiger partial charge in [0.25, 0.3) is 0 Å². The third-order valence-electron chi connectivity index (χ3n) is 16.7. The van der Waals surface area contributed by atoms with Crippen LogP contribution in [0.25, 0.3) is 122 Å². The maximum atomic E-state index is 7.29. The van der Waals surface area contributed by atoms with Gasteiger partial charge in [-0.25, -0.2) is 9.97 Å². The van der Waals surface area contributed by atoms with Crippen molar-refractivity contribution < 1.29 is 9.15 Å². The van der Waals surface area contributed by atoms with Crippen LogP contribution in [-0.4, -0.2) is 24.1 Å². The number of aryl methyl sites for hydroxylation is 1. The molecule has 7 heteroatoms. The highest BCUT2D eigenvalue weighted by Gasteiger charge is 2.28. The van der Waals surface area contributed by atoms with Crippen molar-refractivity contribution in [3.63, 3.8) is 0 Å². The molecule has 14 aromatic rings. The van der Waals surface area contributed by atoms with Crippen LogP contribution in [0.2, 0.25) is 0 Å². The van der Waals surface area contributed by atoms with Crippen molar-refractivity contribution in [2.24, 2.45) is 0 Å². The molecule has 4 heterocycles. The summed E-state index contributed by atoms with van der Waals surface area (Å²) < 4.78 is 19.3. The second-order valence-corrected chi connectivity index (χ2v) is 23.6. The zero-order valence-electron chi connectivity index (χ0n) is 48.5. The summed E-state index contributed by atoms with van der Waals surface area (Å²) in [6, 6.07) is 73.6. The molecule has 0 aliphatic heterocycles. The number of nitrogens with zero attached hydrogens (tertiary/aromatic N) is 5. The van der Waals surface area contributed by atoms with Crippen LogP contribution in [0, 0.1) is 6.92 Å². The molecule has 0 saturated carbocycles. The van der Waals surface area contributed by atoms with E-state index in [0.717, 1.165) is 99.8 Å². The second kappa shape index (κ2) is 20.4. The number of aromatic nitrogens is 5. The zero-order chi connectivity index (χ0) is 56.8. The molecule has 83 heavy (non-hydrogen) atoms. The SMILES string of the molecule is Cc1nc2cc3oc4c(-c5nc6ccccc6n5-c5c(C(C)C)cc(-c6ccccc6)cc5C(C)C)cc(Oc5cccc(-c6nc7ccccc7n6-c6c(C(C)C)cc(-c7ccccc7)cc6C(C)C)c5)cc4c3cc2c2ccccc12. The van der Waals surface area contributed by atoms with Crippen molar-refractivity contribution in [2.75, 3.05) is 0 Å². The first-order chi connectivity index (χ1) is 40.4. The number of pyridine rings is 1. The molecule has 0 N–H and O–H groups in total. The van der Waals surface area contributed by atoms with Gasteiger partial charge in [0.15, 0.2) is 0 Å². The molecule has 7 nitrogen and oxygen atoms in total. The van der Waals surface area contributed by atoms with Crippen LogP contribution in [0.4, 0.5) is 0 Å². The van der Waals surface area contributed by atoms with E-state index in [1.165, 1.54) is 50.2 Å². The van der Waals surface area contributed by atoms with E-state index in [4.69, 9.17) is 24.1 Å². The lowest BCUT2D eigenvalue weighted by Crippen LogP contribution is -2.09. The Balaban J connectivity index is 0.997. The second-order valence-electron chi connectivity index (χ2n) is 23.6. The van der Waals surface area contributed by atoms with Crippen LogP contribution in [0.15, 0.2) is 211 Å². The van der Waals surface area contributed by atoms with Crippen molar-refractivity contribution >= 4 is 65.7 Å². The number of furan rings is 1. The fourth-order valence-corrected chi connectivity index (χ4v) is 12.6. The third kappa shape index (κ3) is 8.85. The summed E-state index contributed by atoms with van der Waals surface area (Å²) in [5.41, 5.74) is 21.1. The largest absolute Gasteiger partial charge is 0.457 e. The molecule has 406 valence electrons. The Morgan fingerprint density at radius 2 is 0.855 bits per heavy atom. The van der Waals surface area contributed by atoms with E-state index in [-0.39, 0.29) is 23.7 Å². The van der Waals surface area contributed by atoms with Gasteiger partial charge in [-0.3, -0.25) is 14.1 Å². The smallest absolute Gasteiger partial charge is 0.149 e. The molecule has 0 unspecified atom stereocenters. The highest BCUT2D eigenvalue weighted by Crippen LogP contribution is 2.47. The van der Waals surface area contributed by atoms with Crippen molar-refractivity contribution in [2.45, 2.75) is 86.0 Å². The van der Waals surface area contributed by atoms with E-state index < -0.39 is 0 Å². The Labute approximate surface area is 484 Å². The van der Waals surface area contributed by atoms with Gasteiger partial charge in [0.05, 0.1) is 44.5 Å². The Morgan fingerprint density at radius 1 is 0.361 bits per heavy atom. The summed E-state index contributed by atoms with van der Waals surface area (Å²) in [5, 5.41) is 5.24. The highest BCUT2D eigenvalue weighted by atomic mass is 16.5. The topological polar surface area (TPSA) is 70.9 Å². The van der Waals surface area contributed by atoms with Crippen molar-refractivity contribution in [1.82, 2.24) is 24.1 Å². The molecule has 0 saturated heterocycles. The maximum Gasteiger partial charge on any atom is 0.149 e. The predicted molar refractivity (Wildman–Crippen MR) is 345 cm³/mol. The minimum atomic E-state index is 0.183. The van der Waals surface area contributed by atoms with Gasteiger partial charge in [-0.05, 0) is 159 Å². The first-order valence-electron chi connectivity index (χ1n) is 29.3. The monoisotopic (exact) mass is 1080 g/mol. The standard InChI is InChI=1S/C76H65N5O2/c1-44(2)58-36-52(49-23-12-10-13-24-49)37-59(45(3)4)72(58)80-69-33-20-18-31-66(69)78-75(80)51-27-22-28-54(35-51)82-55-40-64-63-42-62-57-30-17-16-29-56(57)48(9)77-68(62)43-71(63)83-74(64)65(41-55)76-79-67-32-19-21-34-70(67)81(76)73-60(46(5)6)38-53(39-61(73)47(7)8)50-25-14-11-15-26-50/h10-47H,1-9H3. The average molecular weight is 1080 g/mol. The molecule has 14 rings (SSSR count). The van der Waals surface area contributed by atoms with Crippen LogP contribution < -0.4 is 4.74 Å². The number of hydrogen-bond acceptors (Lipinski definition) is 5. The lowest BCUT2D eigenvalue weighted by molar-refractivity contribution is 0.483. The van der Waals surface area contributed by atoms with Crippen LogP contribution in [-0.2, 0) is 0 Å². The van der Waals surface area contributed by atoms with Crippen molar-refractivity contribution in [3.05, 3.63) is 234 Å². The molecular weight excluding hydrogens is 1010 g/mol. The minimum Gasteiger partial charge on any atom is -0.457 e. The summed E-state index contributed by atoms with van der Waals surface area (Å²) in [5.74, 6) is 3.77. The summed E-state index contributed by atoms with van der Waals surface area (Å²) in [4.78, 5) is 16.2. The Bertz CT molecular complexity index is 4790. The lowest BCUT2D eigenvalue weighted by Gasteiger charge is -2.24. The minimum absolute atomic E-state index is 0.183. The zero-order valence-corrected chi connectivity index (χ0v) is 48.5. The van der Waals surface area contributed by atoms with E-state index in [1.807, 2.05) is 6.07 Å². The van der Waals surface area contributed by atoms with Gasteiger partial charge in [0.1, 0.15) is 34.3 Å². The number of hydrogen-bond donors (Lipinski definition) is 0. The predicted octanol–water partition coefficient (Wildman–Crippen LogP) is 21.2. The number of benzene rings is 10. The molecule has 0 spiro atoms. The molecule has 0 atom stereocenters. The van der Waals surface area contributed by atoms with Crippen LogP contribution >= 0.6 is 0 Å². The highest BCUT2D eigenvalue weighted by molar-refractivity contribution is 6.17. The molecule has 0 bridgehead atoms. The Kier molecular flexibility index (Phi) is 12.7. The first-order valence-corrected chi connectivity index (χ1v) is 29.3. The maximum absolute atomic E-state index is 7.29. The van der Waals surface area contributed by atoms with Gasteiger partial charge >= 0.3 is 0 Å². The number of ether oxygens (including phenoxy) is 1. The van der Waals surface area contributed by atoms with Crippen LogP contribution in [0.3, 0.4) is 0 Å². The summed E-state index contributed by atoms with van der Waals surface area (Å²) >= 11 is 0. The van der Waals surface area contributed by atoms with Gasteiger partial charge in [0, 0.05) is 38.9 Å². The van der Waals surface area contributed by atoms with Crippen LogP contribution in [0.5, 0.6) is 11.5 Å². The van der Waals surface area contributed by atoms with E-state index in [2.05, 4.69) is 272 Å². The molecule has 0 aliphatic rings. The van der Waals surface area contributed by atoms with Crippen molar-refractivity contribution in [1.29, 1.82) is 0 Å². The van der Waals surface area contributed by atoms with Crippen molar-refractivity contribution in [3.8, 4) is 67.9 Å². The number of imidazole rings is 2. The fraction of sp³-hybridized carbons (Fsp3) is 0.171. The van der Waals surface area contributed by atoms with Crippen LogP contribution in [0.1, 0.15) is 107 Å². The number of rotatable bonds is 12. The van der Waals surface area contributed by atoms with Gasteiger partial charge in [-0.2, -0.15) is 0 Å². The summed E-state index contributed by atoms with van der Waals surface area (Å²) in [6.45, 7) is 20.5. The molecule has 0 aliphatic carbocycles. The van der Waals surface area contributed by atoms with E-state index in [1.54, 1.807) is 0 Å². The number of fused-ring (bicyclic) bond motifs is 8. The summed E-state index contributed by atoms with van der Waals surface area (Å²) in [7, 11) is 0. The summed E-state index contributed by atoms with van der Waals surface area (Å²) in [6.07, 6.45) is 0. The van der Waals surface area contributed by atoms with Gasteiger partial charge in [-0.1, -0.05) is 177 Å². The Hall–Kier alpha value is -9.59. The Morgan fingerprint density at radius 3 is 1.42 bits per heavy atom. The first kappa shape index (κ1) is 51.5. The molecular formula is C76H65N5O2. The average Bonchev–Trinajstić information content (AvgIpc) is 3.45. The number of para-hydroxylation sites is 4. The van der Waals surface area contributed by atoms with E-state index >= 15 is 0 Å². The molecule has 0 amide bonds. The fourth-order valence-electron chi connectivity index (χ4n) is 12.6. The molecule has 10 aromatic carbocycles. The third-order valence-corrected chi connectivity index (χ3v) is 16.7.